The van der Waals surface area contributed by atoms with Gasteiger partial charge in [0.2, 0.25) is 0 Å². The van der Waals surface area contributed by atoms with Crippen molar-refractivity contribution < 1.29 is 13.0 Å². The summed E-state index contributed by atoms with van der Waals surface area (Å²) < 4.78 is 12.8. The predicted octanol–water partition coefficient (Wildman–Crippen LogP) is -0.557. The van der Waals surface area contributed by atoms with Crippen molar-refractivity contribution >= 4 is 30.6 Å². The van der Waals surface area contributed by atoms with E-state index < -0.39 is 25.4 Å². The fourth-order valence-corrected chi connectivity index (χ4v) is 12.8. The molecule has 0 heterocycles. The predicted molar refractivity (Wildman–Crippen MR) is 115 cm³/mol. The van der Waals surface area contributed by atoms with E-state index in [1.54, 1.807) is 0 Å². The zero-order valence-corrected chi connectivity index (χ0v) is 19.5. The van der Waals surface area contributed by atoms with Crippen LogP contribution in [0, 0.1) is 0 Å². The molecule has 26 heavy (non-hydrogen) atoms. The Kier molecular flexibility index (Phi) is 9.82. The number of nitrogens with one attached hydrogen (secondary N) is 2. The molecule has 0 unspecified atom stereocenters. The van der Waals surface area contributed by atoms with Crippen molar-refractivity contribution in [1.82, 2.24) is 10.6 Å². The summed E-state index contributed by atoms with van der Waals surface area (Å²) in [5.41, 5.74) is 11.1. The quantitative estimate of drug-likeness (QED) is 0.216. The van der Waals surface area contributed by atoms with Gasteiger partial charge in [0, 0.05) is 43.7 Å². The first-order valence-corrected chi connectivity index (χ1v) is 17.1. The van der Waals surface area contributed by atoms with Crippen LogP contribution < -0.4 is 27.3 Å². The fraction of sp³-hybridized carbons (Fsp3) is 0.625. The molecule has 7 nitrogen and oxygen atoms in total. The number of nitrogens with two attached hydrogens (primary N) is 2. The Balaban J connectivity index is 2.96. The summed E-state index contributed by atoms with van der Waals surface area (Å²) in [6, 6.07) is 9.52. The van der Waals surface area contributed by atoms with Gasteiger partial charge in [0.1, 0.15) is 0 Å². The van der Waals surface area contributed by atoms with Crippen LogP contribution in [0.5, 0.6) is 0 Å². The van der Waals surface area contributed by atoms with E-state index in [2.05, 4.69) is 36.8 Å². The monoisotopic (exact) mass is 416 g/mol. The molecule has 0 bridgehead atoms. The second kappa shape index (κ2) is 10.8. The Morgan fingerprint density at radius 1 is 0.846 bits per heavy atom. The summed E-state index contributed by atoms with van der Waals surface area (Å²) in [7, 11) is -7.93. The normalized spacial score (nSPS) is 13.2. The van der Waals surface area contributed by atoms with Gasteiger partial charge in [0.05, 0.1) is 0 Å². The van der Waals surface area contributed by atoms with E-state index in [4.69, 9.17) is 19.7 Å². The van der Waals surface area contributed by atoms with Gasteiger partial charge in [-0.25, -0.2) is 0 Å². The number of rotatable bonds is 13. The average molecular weight is 417 g/mol. The highest BCUT2D eigenvalue weighted by molar-refractivity contribution is 6.91. The zero-order valence-electron chi connectivity index (χ0n) is 16.5. The highest BCUT2D eigenvalue weighted by Crippen LogP contribution is 2.18. The minimum Gasteiger partial charge on any atom is -0.412 e. The highest BCUT2D eigenvalue weighted by Gasteiger charge is 2.48. The Morgan fingerprint density at radius 3 is 1.65 bits per heavy atom. The largest absolute Gasteiger partial charge is 0.513 e. The second-order valence-corrected chi connectivity index (χ2v) is 18.7. The summed E-state index contributed by atoms with van der Waals surface area (Å²) in [6.45, 7) is 11.0. The molecule has 0 saturated heterocycles. The van der Waals surface area contributed by atoms with Gasteiger partial charge in [0.25, 0.3) is 0 Å². The summed E-state index contributed by atoms with van der Waals surface area (Å²) in [5.74, 6) is 0. The maximum Gasteiger partial charge on any atom is 0.513 e. The van der Waals surface area contributed by atoms with Gasteiger partial charge < -0.3 is 35.1 Å². The second-order valence-electron chi connectivity index (χ2n) is 7.60. The van der Waals surface area contributed by atoms with Gasteiger partial charge in [-0.2, -0.15) is 0 Å². The molecule has 150 valence electrons. The van der Waals surface area contributed by atoms with Crippen LogP contribution in [0.1, 0.15) is 0 Å². The van der Waals surface area contributed by atoms with Crippen molar-refractivity contribution in [1.29, 1.82) is 0 Å². The van der Waals surface area contributed by atoms with E-state index in [1.807, 2.05) is 30.3 Å². The lowest BCUT2D eigenvalue weighted by molar-refractivity contribution is 0.260. The van der Waals surface area contributed by atoms with Gasteiger partial charge in [0.15, 0.2) is 16.6 Å². The first-order chi connectivity index (χ1) is 12.1. The average Bonchev–Trinajstić information content (AvgIpc) is 2.54. The van der Waals surface area contributed by atoms with Crippen molar-refractivity contribution in [3.05, 3.63) is 30.3 Å². The molecule has 0 amide bonds. The molecule has 0 aromatic heterocycles. The van der Waals surface area contributed by atoms with Crippen LogP contribution in [-0.4, -0.2) is 68.7 Å². The van der Waals surface area contributed by atoms with Gasteiger partial charge >= 0.3 is 8.80 Å². The first-order valence-electron chi connectivity index (χ1n) is 9.14. The third-order valence-corrected chi connectivity index (χ3v) is 13.6. The third kappa shape index (κ3) is 8.52. The summed E-state index contributed by atoms with van der Waals surface area (Å²) >= 11 is 0. The Hall–Kier alpha value is -0.409. The van der Waals surface area contributed by atoms with Gasteiger partial charge in [-0.15, -0.1) is 0 Å². The lowest BCUT2D eigenvalue weighted by Gasteiger charge is -2.38. The number of hydrogen-bond donors (Lipinski definition) is 5. The minimum absolute atomic E-state index is 0.577. The van der Waals surface area contributed by atoms with E-state index >= 15 is 0 Å². The molecule has 7 N–H and O–H groups in total. The standard InChI is InChI=1S/C16H36N4O3Si3/c1-24(2,14-19-12-10-17)22-26(21,16-8-6-5-7-9-16)23-25(3,4)15-20-13-11-18/h5-9,19-21H,10-15,17-18H2,1-4H3. The molecule has 0 fully saturated rings. The molecular weight excluding hydrogens is 380 g/mol. The van der Waals surface area contributed by atoms with Crippen molar-refractivity contribution in [3.8, 4) is 0 Å². The molecule has 0 aliphatic carbocycles. The lowest BCUT2D eigenvalue weighted by Crippen LogP contribution is -2.66. The van der Waals surface area contributed by atoms with Crippen molar-refractivity contribution in [2.24, 2.45) is 11.5 Å². The van der Waals surface area contributed by atoms with Gasteiger partial charge in [-0.3, -0.25) is 0 Å². The Labute approximate surface area is 161 Å². The lowest BCUT2D eigenvalue weighted by atomic mass is 10.4. The highest BCUT2D eigenvalue weighted by atomic mass is 28.5. The number of hydrogen-bond acceptors (Lipinski definition) is 7. The SMILES string of the molecule is C[Si](C)(CNCCN)O[Si](O)(O[Si](C)(C)CNCCN)c1ccccc1. The van der Waals surface area contributed by atoms with E-state index in [0.717, 1.165) is 18.3 Å². The van der Waals surface area contributed by atoms with Crippen LogP contribution >= 0.6 is 0 Å². The van der Waals surface area contributed by atoms with Crippen LogP contribution in [0.25, 0.3) is 0 Å². The van der Waals surface area contributed by atoms with Gasteiger partial charge in [-0.1, -0.05) is 30.3 Å². The minimum atomic E-state index is -3.54. The summed E-state index contributed by atoms with van der Waals surface area (Å²) in [6.07, 6.45) is 1.42. The van der Waals surface area contributed by atoms with Crippen LogP contribution in [0.15, 0.2) is 30.3 Å². The zero-order chi connectivity index (χ0) is 19.7. The van der Waals surface area contributed by atoms with Crippen LogP contribution in [-0.2, 0) is 8.23 Å². The third-order valence-electron chi connectivity index (χ3n) is 3.71. The molecule has 10 heteroatoms. The van der Waals surface area contributed by atoms with E-state index in [9.17, 15) is 4.80 Å². The smallest absolute Gasteiger partial charge is 0.412 e. The molecule has 1 rings (SSSR count). The Morgan fingerprint density at radius 2 is 1.27 bits per heavy atom. The van der Waals surface area contributed by atoms with Gasteiger partial charge in [-0.05, 0) is 26.2 Å². The maximum atomic E-state index is 11.5. The molecular formula is C16H36N4O3Si3. The van der Waals surface area contributed by atoms with Crippen LogP contribution in [0.4, 0.5) is 0 Å². The first kappa shape index (κ1) is 23.6. The topological polar surface area (TPSA) is 115 Å². The number of benzene rings is 1. The van der Waals surface area contributed by atoms with E-state index in [-0.39, 0.29) is 0 Å². The summed E-state index contributed by atoms with van der Waals surface area (Å²) in [5, 5.41) is 7.36. The molecule has 0 spiro atoms. The van der Waals surface area contributed by atoms with Crippen molar-refractivity contribution in [3.63, 3.8) is 0 Å². The fourth-order valence-electron chi connectivity index (χ4n) is 2.59. The summed E-state index contributed by atoms with van der Waals surface area (Å²) in [4.78, 5) is 11.5. The Bertz CT molecular complexity index is 497. The van der Waals surface area contributed by atoms with Crippen molar-refractivity contribution in [2.45, 2.75) is 26.2 Å². The molecule has 0 radical (unpaired) electrons. The molecule has 0 saturated carbocycles. The molecule has 0 aliphatic heterocycles. The molecule has 1 aromatic carbocycles. The molecule has 0 atom stereocenters. The maximum absolute atomic E-state index is 11.5. The van der Waals surface area contributed by atoms with E-state index in [1.165, 1.54) is 0 Å². The van der Waals surface area contributed by atoms with Crippen LogP contribution in [0.2, 0.25) is 26.2 Å². The van der Waals surface area contributed by atoms with Crippen molar-refractivity contribution in [2.75, 3.05) is 38.5 Å². The van der Waals surface area contributed by atoms with E-state index in [0.29, 0.717) is 25.4 Å². The molecule has 1 aromatic rings. The molecule has 0 aliphatic rings. The van der Waals surface area contributed by atoms with Crippen LogP contribution in [0.3, 0.4) is 0 Å².